The van der Waals surface area contributed by atoms with Crippen LogP contribution >= 0.6 is 11.3 Å². The fourth-order valence-electron chi connectivity index (χ4n) is 3.65. The second kappa shape index (κ2) is 11.4. The second-order valence-electron chi connectivity index (χ2n) is 7.88. The number of hydrogen-bond acceptors (Lipinski definition) is 4. The van der Waals surface area contributed by atoms with Crippen molar-refractivity contribution in [2.24, 2.45) is 0 Å². The van der Waals surface area contributed by atoms with Crippen molar-refractivity contribution >= 4 is 28.9 Å². The van der Waals surface area contributed by atoms with Gasteiger partial charge in [0.15, 0.2) is 0 Å². The van der Waals surface area contributed by atoms with Crippen LogP contribution in [0, 0.1) is 6.92 Å². The van der Waals surface area contributed by atoms with E-state index in [0.717, 1.165) is 39.6 Å². The maximum atomic E-state index is 13.1. The van der Waals surface area contributed by atoms with E-state index in [1.54, 1.807) is 11.3 Å². The van der Waals surface area contributed by atoms with Gasteiger partial charge in [-0.3, -0.25) is 4.79 Å². The lowest BCUT2D eigenvalue weighted by atomic mass is 10.0. The van der Waals surface area contributed by atoms with Crippen molar-refractivity contribution in [3.8, 4) is 17.0 Å². The van der Waals surface area contributed by atoms with E-state index in [-0.39, 0.29) is 5.91 Å². The van der Waals surface area contributed by atoms with Gasteiger partial charge in [0.05, 0.1) is 17.3 Å². The third-order valence-electron chi connectivity index (χ3n) is 5.40. The van der Waals surface area contributed by atoms with E-state index >= 15 is 0 Å². The van der Waals surface area contributed by atoms with Gasteiger partial charge in [-0.15, -0.1) is 11.3 Å². The van der Waals surface area contributed by atoms with E-state index in [2.05, 4.69) is 39.9 Å². The Morgan fingerprint density at radius 3 is 2.38 bits per heavy atom. The molecule has 1 heterocycles. The molecule has 4 rings (SSSR count). The lowest BCUT2D eigenvalue weighted by Gasteiger charge is -2.11. The van der Waals surface area contributed by atoms with Gasteiger partial charge in [-0.05, 0) is 55.2 Å². The number of nitrogens with one attached hydrogen (secondary N) is 1. The summed E-state index contributed by atoms with van der Waals surface area (Å²) in [6, 6.07) is 25.9. The maximum Gasteiger partial charge on any atom is 0.251 e. The van der Waals surface area contributed by atoms with Gasteiger partial charge in [0, 0.05) is 23.1 Å². The molecule has 4 aromatic rings. The molecule has 0 atom stereocenters. The van der Waals surface area contributed by atoms with Gasteiger partial charge < -0.3 is 10.1 Å². The molecule has 0 fully saturated rings. The first kappa shape index (κ1) is 23.5. The Balaban J connectivity index is 1.42. The molecule has 34 heavy (non-hydrogen) atoms. The molecule has 0 saturated carbocycles. The van der Waals surface area contributed by atoms with Gasteiger partial charge in [0.25, 0.3) is 5.91 Å². The van der Waals surface area contributed by atoms with Crippen molar-refractivity contribution < 1.29 is 9.53 Å². The molecule has 1 aromatic heterocycles. The number of thiazole rings is 1. The van der Waals surface area contributed by atoms with E-state index in [1.807, 2.05) is 74.5 Å². The first-order valence-corrected chi connectivity index (χ1v) is 12.3. The largest absolute Gasteiger partial charge is 0.494 e. The number of aryl methyl sites for hydroxylation is 1. The predicted octanol–water partition coefficient (Wildman–Crippen LogP) is 6.42. The van der Waals surface area contributed by atoms with Crippen molar-refractivity contribution in [3.05, 3.63) is 106 Å². The molecule has 0 radical (unpaired) electrons. The number of amides is 1. The molecule has 3 aromatic carbocycles. The highest BCUT2D eigenvalue weighted by Gasteiger charge is 2.12. The van der Waals surface area contributed by atoms with Gasteiger partial charge in [-0.25, -0.2) is 4.98 Å². The summed E-state index contributed by atoms with van der Waals surface area (Å²) in [5.41, 5.74) is 5.77. The standard InChI is InChI=1S/C29H28N2O2S/c1-3-33-26-15-11-23(12-16-26)19-27(24-7-5-4-6-8-24)29(32)30-18-17-22-9-13-25(14-10-22)28-20-34-21(2)31-28/h4-16,19-20H,3,17-18H2,1-2H3,(H,30,32)/b27-19+. The van der Waals surface area contributed by atoms with Crippen LogP contribution in [0.4, 0.5) is 0 Å². The fraction of sp³-hybridized carbons (Fsp3) is 0.172. The third-order valence-corrected chi connectivity index (χ3v) is 6.17. The first-order valence-electron chi connectivity index (χ1n) is 11.4. The lowest BCUT2D eigenvalue weighted by molar-refractivity contribution is -0.115. The zero-order valence-corrected chi connectivity index (χ0v) is 20.3. The minimum Gasteiger partial charge on any atom is -0.494 e. The van der Waals surface area contributed by atoms with Gasteiger partial charge >= 0.3 is 0 Å². The van der Waals surface area contributed by atoms with Crippen LogP contribution < -0.4 is 10.1 Å². The number of ether oxygens (including phenoxy) is 1. The van der Waals surface area contributed by atoms with Crippen molar-refractivity contribution in [1.82, 2.24) is 10.3 Å². The van der Waals surface area contributed by atoms with Crippen LogP contribution in [0.2, 0.25) is 0 Å². The zero-order valence-electron chi connectivity index (χ0n) is 19.5. The van der Waals surface area contributed by atoms with E-state index in [9.17, 15) is 4.79 Å². The zero-order chi connectivity index (χ0) is 23.8. The molecule has 0 bridgehead atoms. The summed E-state index contributed by atoms with van der Waals surface area (Å²) >= 11 is 1.65. The smallest absolute Gasteiger partial charge is 0.251 e. The number of rotatable bonds is 9. The molecule has 0 aliphatic carbocycles. The van der Waals surface area contributed by atoms with Crippen LogP contribution in [0.25, 0.3) is 22.9 Å². The molecule has 172 valence electrons. The summed E-state index contributed by atoms with van der Waals surface area (Å²) in [7, 11) is 0. The van der Waals surface area contributed by atoms with Crippen LogP contribution in [-0.2, 0) is 11.2 Å². The number of benzene rings is 3. The predicted molar refractivity (Wildman–Crippen MR) is 141 cm³/mol. The monoisotopic (exact) mass is 468 g/mol. The van der Waals surface area contributed by atoms with Crippen molar-refractivity contribution in [2.45, 2.75) is 20.3 Å². The van der Waals surface area contributed by atoms with E-state index in [1.165, 1.54) is 5.56 Å². The average Bonchev–Trinajstić information content (AvgIpc) is 3.31. The summed E-state index contributed by atoms with van der Waals surface area (Å²) in [5.74, 6) is 0.732. The fourth-order valence-corrected chi connectivity index (χ4v) is 4.27. The summed E-state index contributed by atoms with van der Waals surface area (Å²) in [4.78, 5) is 17.7. The Bertz CT molecular complexity index is 1240. The summed E-state index contributed by atoms with van der Waals surface area (Å²) < 4.78 is 5.52. The van der Waals surface area contributed by atoms with Crippen LogP contribution in [0.3, 0.4) is 0 Å². The molecular formula is C29H28N2O2S. The lowest BCUT2D eigenvalue weighted by Crippen LogP contribution is -2.26. The summed E-state index contributed by atoms with van der Waals surface area (Å²) in [6.45, 7) is 5.16. The van der Waals surface area contributed by atoms with Gasteiger partial charge in [0.1, 0.15) is 5.75 Å². The molecule has 1 N–H and O–H groups in total. The van der Waals surface area contributed by atoms with Crippen molar-refractivity contribution in [2.75, 3.05) is 13.2 Å². The van der Waals surface area contributed by atoms with Crippen LogP contribution in [0.5, 0.6) is 5.75 Å². The third kappa shape index (κ3) is 6.21. The average molecular weight is 469 g/mol. The van der Waals surface area contributed by atoms with Crippen LogP contribution in [0.15, 0.2) is 84.2 Å². The first-order chi connectivity index (χ1) is 16.6. The molecule has 0 aliphatic heterocycles. The normalized spacial score (nSPS) is 11.3. The van der Waals surface area contributed by atoms with Crippen molar-refractivity contribution in [3.63, 3.8) is 0 Å². The maximum absolute atomic E-state index is 13.1. The van der Waals surface area contributed by atoms with E-state index in [0.29, 0.717) is 18.7 Å². The van der Waals surface area contributed by atoms with Crippen molar-refractivity contribution in [1.29, 1.82) is 0 Å². The van der Waals surface area contributed by atoms with Crippen LogP contribution in [0.1, 0.15) is 28.6 Å². The highest BCUT2D eigenvalue weighted by Crippen LogP contribution is 2.23. The minimum absolute atomic E-state index is 0.0883. The minimum atomic E-state index is -0.0883. The second-order valence-corrected chi connectivity index (χ2v) is 8.94. The molecular weight excluding hydrogens is 440 g/mol. The molecule has 0 unspecified atom stereocenters. The molecule has 5 heteroatoms. The van der Waals surface area contributed by atoms with Gasteiger partial charge in [-0.1, -0.05) is 66.7 Å². The summed E-state index contributed by atoms with van der Waals surface area (Å²) in [6.07, 6.45) is 2.68. The SMILES string of the molecule is CCOc1ccc(/C=C(/C(=O)NCCc2ccc(-c3csc(C)n3)cc2)c2ccccc2)cc1. The Kier molecular flexibility index (Phi) is 7.89. The number of carbonyl (C=O) groups is 1. The number of hydrogen-bond donors (Lipinski definition) is 1. The molecule has 0 saturated heterocycles. The molecule has 4 nitrogen and oxygen atoms in total. The van der Waals surface area contributed by atoms with Gasteiger partial charge in [0.2, 0.25) is 0 Å². The summed E-state index contributed by atoms with van der Waals surface area (Å²) in [5, 5.41) is 6.23. The highest BCUT2D eigenvalue weighted by atomic mass is 32.1. The Morgan fingerprint density at radius 2 is 1.74 bits per heavy atom. The van der Waals surface area contributed by atoms with E-state index < -0.39 is 0 Å². The Hall–Kier alpha value is -3.70. The molecule has 0 spiro atoms. The topological polar surface area (TPSA) is 51.2 Å². The number of aromatic nitrogens is 1. The Labute approximate surface area is 205 Å². The Morgan fingerprint density at radius 1 is 1.00 bits per heavy atom. The van der Waals surface area contributed by atoms with Gasteiger partial charge in [-0.2, -0.15) is 0 Å². The molecule has 0 aliphatic rings. The van der Waals surface area contributed by atoms with E-state index in [4.69, 9.17) is 4.74 Å². The number of nitrogens with zero attached hydrogens (tertiary/aromatic N) is 1. The number of carbonyl (C=O) groups excluding carboxylic acids is 1. The molecule has 1 amide bonds. The highest BCUT2D eigenvalue weighted by molar-refractivity contribution is 7.09. The quantitative estimate of drug-likeness (QED) is 0.228. The van der Waals surface area contributed by atoms with Crippen LogP contribution in [-0.4, -0.2) is 24.0 Å².